The second kappa shape index (κ2) is 8.53. The Morgan fingerprint density at radius 3 is 2.62 bits per heavy atom. The van der Waals surface area contributed by atoms with E-state index in [1.165, 1.54) is 12.0 Å². The molecule has 7 nitrogen and oxygen atoms in total. The van der Waals surface area contributed by atoms with Crippen molar-refractivity contribution < 1.29 is 23.8 Å². The number of methoxy groups -OCH3 is 1. The first-order valence-electron chi connectivity index (χ1n) is 9.47. The Morgan fingerprint density at radius 1 is 1.24 bits per heavy atom. The first-order valence-corrected chi connectivity index (χ1v) is 9.47. The van der Waals surface area contributed by atoms with Gasteiger partial charge in [0.25, 0.3) is 11.7 Å². The molecule has 1 saturated heterocycles. The van der Waals surface area contributed by atoms with Gasteiger partial charge in [0, 0.05) is 12.1 Å². The van der Waals surface area contributed by atoms with Crippen molar-refractivity contribution in [1.82, 2.24) is 9.80 Å². The maximum atomic E-state index is 12.9. The molecule has 29 heavy (non-hydrogen) atoms. The Kier molecular flexibility index (Phi) is 6.08. The Balaban J connectivity index is 2.07. The summed E-state index contributed by atoms with van der Waals surface area (Å²) < 4.78 is 11.0. The van der Waals surface area contributed by atoms with Crippen LogP contribution in [-0.4, -0.2) is 60.9 Å². The molecule has 0 bridgehead atoms. The van der Waals surface area contributed by atoms with Crippen molar-refractivity contribution in [1.29, 1.82) is 0 Å². The van der Waals surface area contributed by atoms with Crippen molar-refractivity contribution in [3.8, 4) is 5.75 Å². The van der Waals surface area contributed by atoms with E-state index in [1.54, 1.807) is 43.3 Å². The number of furan rings is 1. The van der Waals surface area contributed by atoms with Crippen molar-refractivity contribution in [3.63, 3.8) is 0 Å². The second-order valence-corrected chi connectivity index (χ2v) is 7.33. The number of ketones is 1. The van der Waals surface area contributed by atoms with Gasteiger partial charge in [0.2, 0.25) is 0 Å². The number of rotatable bonds is 7. The number of likely N-dealkylation sites (tertiary alicyclic amines) is 1. The minimum atomic E-state index is -0.767. The zero-order chi connectivity index (χ0) is 21.1. The number of Topliss-reactive ketones (excluding diaryl/α,β-unsaturated/α-hetero) is 1. The molecule has 1 aromatic carbocycles. The molecular formula is C22H26N2O5. The number of nitrogens with zero attached hydrogens (tertiary/aromatic N) is 2. The molecule has 1 aliphatic heterocycles. The molecule has 1 unspecified atom stereocenters. The van der Waals surface area contributed by atoms with Crippen LogP contribution in [0.3, 0.4) is 0 Å². The Hall–Kier alpha value is -3.06. The zero-order valence-electron chi connectivity index (χ0n) is 17.1. The summed E-state index contributed by atoms with van der Waals surface area (Å²) >= 11 is 0. The van der Waals surface area contributed by atoms with E-state index in [0.717, 1.165) is 6.54 Å². The summed E-state index contributed by atoms with van der Waals surface area (Å²) in [5.74, 6) is 0.0776. The largest absolute Gasteiger partial charge is 0.507 e. The molecule has 0 saturated carbocycles. The van der Waals surface area contributed by atoms with Gasteiger partial charge in [-0.3, -0.25) is 9.59 Å². The van der Waals surface area contributed by atoms with E-state index in [-0.39, 0.29) is 11.3 Å². The number of hydrogen-bond donors (Lipinski definition) is 1. The lowest BCUT2D eigenvalue weighted by Gasteiger charge is -2.24. The normalized spacial score (nSPS) is 18.7. The Bertz CT molecular complexity index is 944. The quantitative estimate of drug-likeness (QED) is 0.439. The fraction of sp³-hybridized carbons (Fsp3) is 0.364. The maximum Gasteiger partial charge on any atom is 0.295 e. The van der Waals surface area contributed by atoms with Crippen LogP contribution in [0.2, 0.25) is 0 Å². The molecule has 1 aromatic heterocycles. The number of amides is 1. The third kappa shape index (κ3) is 4.19. The highest BCUT2D eigenvalue weighted by molar-refractivity contribution is 6.46. The van der Waals surface area contributed by atoms with Gasteiger partial charge in [0.15, 0.2) is 0 Å². The van der Waals surface area contributed by atoms with Gasteiger partial charge < -0.3 is 24.1 Å². The van der Waals surface area contributed by atoms with Crippen LogP contribution in [0.4, 0.5) is 0 Å². The van der Waals surface area contributed by atoms with E-state index in [2.05, 4.69) is 0 Å². The molecular weight excluding hydrogens is 372 g/mol. The summed E-state index contributed by atoms with van der Waals surface area (Å²) in [7, 11) is 5.42. The lowest BCUT2D eigenvalue weighted by molar-refractivity contribution is -0.140. The van der Waals surface area contributed by atoms with Gasteiger partial charge in [0.05, 0.1) is 12.7 Å². The maximum absolute atomic E-state index is 12.9. The van der Waals surface area contributed by atoms with Crippen LogP contribution < -0.4 is 4.74 Å². The van der Waals surface area contributed by atoms with Gasteiger partial charge >= 0.3 is 0 Å². The van der Waals surface area contributed by atoms with E-state index in [9.17, 15) is 14.7 Å². The molecule has 7 heteroatoms. The highest BCUT2D eigenvalue weighted by Crippen LogP contribution is 2.40. The summed E-state index contributed by atoms with van der Waals surface area (Å²) in [5.41, 5.74) is 0.436. The summed E-state index contributed by atoms with van der Waals surface area (Å²) in [6.07, 6.45) is 0.690. The molecule has 1 amide bonds. The molecule has 154 valence electrons. The molecule has 2 aromatic rings. The van der Waals surface area contributed by atoms with Crippen molar-refractivity contribution in [2.45, 2.75) is 19.4 Å². The smallest absolute Gasteiger partial charge is 0.295 e. The summed E-state index contributed by atoms with van der Waals surface area (Å²) in [5, 5.41) is 11.0. The number of carbonyl (C=O) groups is 2. The number of aryl methyl sites for hydroxylation is 1. The number of aliphatic hydroxyl groups excluding tert-OH is 1. The minimum Gasteiger partial charge on any atom is -0.507 e. The predicted octanol–water partition coefficient (Wildman–Crippen LogP) is 2.97. The summed E-state index contributed by atoms with van der Waals surface area (Å²) in [6.45, 7) is 2.94. The van der Waals surface area contributed by atoms with Gasteiger partial charge in [-0.05, 0) is 58.3 Å². The molecule has 1 fully saturated rings. The molecule has 1 aliphatic rings. The molecule has 0 spiro atoms. The fourth-order valence-electron chi connectivity index (χ4n) is 3.49. The van der Waals surface area contributed by atoms with E-state index >= 15 is 0 Å². The van der Waals surface area contributed by atoms with Crippen LogP contribution in [0.15, 0.2) is 46.4 Å². The first kappa shape index (κ1) is 20.7. The lowest BCUT2D eigenvalue weighted by Crippen LogP contribution is -2.32. The van der Waals surface area contributed by atoms with E-state index in [0.29, 0.717) is 35.8 Å². The average molecular weight is 398 g/mol. The van der Waals surface area contributed by atoms with Crippen LogP contribution in [0.1, 0.15) is 29.5 Å². The van der Waals surface area contributed by atoms with Gasteiger partial charge in [-0.2, -0.15) is 0 Å². The molecule has 2 heterocycles. The van der Waals surface area contributed by atoms with E-state index in [4.69, 9.17) is 9.15 Å². The Morgan fingerprint density at radius 2 is 2.00 bits per heavy atom. The average Bonchev–Trinajstić information content (AvgIpc) is 3.23. The molecule has 3 rings (SSSR count). The van der Waals surface area contributed by atoms with Crippen molar-refractivity contribution in [2.75, 3.05) is 34.3 Å². The van der Waals surface area contributed by atoms with Crippen molar-refractivity contribution in [3.05, 3.63) is 59.1 Å². The molecule has 0 radical (unpaired) electrons. The van der Waals surface area contributed by atoms with Crippen LogP contribution in [0.25, 0.3) is 5.76 Å². The topological polar surface area (TPSA) is 83.2 Å². The van der Waals surface area contributed by atoms with Crippen LogP contribution >= 0.6 is 0 Å². The van der Waals surface area contributed by atoms with Crippen LogP contribution in [-0.2, 0) is 9.59 Å². The number of benzene rings is 1. The number of hydrogen-bond acceptors (Lipinski definition) is 6. The second-order valence-electron chi connectivity index (χ2n) is 7.33. The summed E-state index contributed by atoms with van der Waals surface area (Å²) in [4.78, 5) is 29.2. The minimum absolute atomic E-state index is 0.0301. The number of carbonyl (C=O) groups excluding carboxylic acids is 2. The summed E-state index contributed by atoms with van der Waals surface area (Å²) in [6, 6.07) is 9.50. The van der Waals surface area contributed by atoms with Crippen molar-refractivity contribution in [2.24, 2.45) is 0 Å². The first-order chi connectivity index (χ1) is 13.8. The highest BCUT2D eigenvalue weighted by Gasteiger charge is 2.47. The Labute approximate surface area is 170 Å². The molecule has 0 aliphatic carbocycles. The third-order valence-corrected chi connectivity index (χ3v) is 4.92. The molecule has 1 N–H and O–H groups in total. The predicted molar refractivity (Wildman–Crippen MR) is 109 cm³/mol. The van der Waals surface area contributed by atoms with Crippen LogP contribution in [0, 0.1) is 6.92 Å². The van der Waals surface area contributed by atoms with E-state index < -0.39 is 17.7 Å². The van der Waals surface area contributed by atoms with Crippen LogP contribution in [0.5, 0.6) is 5.75 Å². The van der Waals surface area contributed by atoms with Gasteiger partial charge in [-0.15, -0.1) is 0 Å². The van der Waals surface area contributed by atoms with E-state index in [1.807, 2.05) is 19.0 Å². The van der Waals surface area contributed by atoms with Crippen molar-refractivity contribution >= 4 is 17.4 Å². The van der Waals surface area contributed by atoms with Gasteiger partial charge in [-0.1, -0.05) is 12.1 Å². The fourth-order valence-corrected chi connectivity index (χ4v) is 3.49. The standard InChI is InChI=1S/C22H26N2O5/c1-14-9-10-17(29-14)19-18(20(25)15-7-5-8-16(13-15)28-4)21(26)22(27)24(19)12-6-11-23(2)3/h5,7-10,13,19,25H,6,11-12H2,1-4H3. The monoisotopic (exact) mass is 398 g/mol. The highest BCUT2D eigenvalue weighted by atomic mass is 16.5. The van der Waals surface area contributed by atoms with Gasteiger partial charge in [-0.25, -0.2) is 0 Å². The third-order valence-electron chi connectivity index (χ3n) is 4.92. The SMILES string of the molecule is COc1cccc(C(O)=C2C(=O)C(=O)N(CCCN(C)C)C2c2ccc(C)o2)c1. The van der Waals surface area contributed by atoms with Gasteiger partial charge in [0.1, 0.15) is 29.1 Å². The lowest BCUT2D eigenvalue weighted by atomic mass is 9.99. The number of aliphatic hydroxyl groups is 1. The number of ether oxygens (including phenoxy) is 1. The molecule has 1 atom stereocenters. The zero-order valence-corrected chi connectivity index (χ0v) is 17.1.